The summed E-state index contributed by atoms with van der Waals surface area (Å²) in [6, 6.07) is 12.6. The van der Waals surface area contributed by atoms with Crippen molar-refractivity contribution in [2.45, 2.75) is 42.6 Å². The van der Waals surface area contributed by atoms with Gasteiger partial charge in [-0.15, -0.1) is 0 Å². The number of amides is 3. The van der Waals surface area contributed by atoms with Crippen LogP contribution in [0.3, 0.4) is 0 Å². The van der Waals surface area contributed by atoms with Crippen LogP contribution in [0.1, 0.15) is 42.7 Å². The first-order chi connectivity index (χ1) is 16.7. The van der Waals surface area contributed by atoms with E-state index in [0.29, 0.717) is 18.8 Å². The summed E-state index contributed by atoms with van der Waals surface area (Å²) < 4.78 is 35.5. The van der Waals surface area contributed by atoms with E-state index in [4.69, 9.17) is 10.5 Å². The minimum Gasteiger partial charge on any atom is -0.443 e. The lowest BCUT2D eigenvalue weighted by Crippen LogP contribution is -2.83. The molecule has 35 heavy (non-hydrogen) atoms. The highest BCUT2D eigenvalue weighted by Crippen LogP contribution is 2.76. The van der Waals surface area contributed by atoms with Gasteiger partial charge < -0.3 is 15.4 Å². The Labute approximate surface area is 200 Å². The molecule has 7 nitrogen and oxygen atoms in total. The minimum atomic E-state index is -1.02. The normalized spacial score (nSPS) is 31.7. The van der Waals surface area contributed by atoms with E-state index < -0.39 is 41.1 Å². The number of ether oxygens (including phenoxy) is 1. The van der Waals surface area contributed by atoms with E-state index in [-0.39, 0.29) is 35.7 Å². The van der Waals surface area contributed by atoms with Crippen LogP contribution in [0.4, 0.5) is 19.3 Å². The molecule has 2 aromatic rings. The van der Waals surface area contributed by atoms with Crippen molar-refractivity contribution < 1.29 is 27.9 Å². The van der Waals surface area contributed by atoms with Crippen molar-refractivity contribution in [2.24, 2.45) is 17.6 Å². The highest BCUT2D eigenvalue weighted by Gasteiger charge is 2.80. The van der Waals surface area contributed by atoms with Gasteiger partial charge in [0.2, 0.25) is 11.8 Å². The topological polar surface area (TPSA) is 102 Å². The molecule has 2 saturated heterocycles. The van der Waals surface area contributed by atoms with Gasteiger partial charge in [-0.25, -0.2) is 13.6 Å². The van der Waals surface area contributed by atoms with Crippen molar-refractivity contribution in [2.75, 3.05) is 18.0 Å². The maximum atomic E-state index is 15.0. The first-order valence-corrected chi connectivity index (χ1v) is 11.8. The molecule has 9 heteroatoms. The number of halogens is 2. The molecule has 2 aliphatic heterocycles. The first-order valence-electron chi connectivity index (χ1n) is 11.8. The standard InChI is InChI=1S/C26H25F2N3O4/c27-18-8-16(9-19(28)21(18)17-6-7-20(32)30-23(17)33)31-10-14(11-31)22-25(15-4-2-1-3-5-15)12-26(22,13-25)35-24(29)34/h1-5,8-9,14,17,22H,6-7,10-13H2,(H2,29,34)(H,30,32,33). The lowest BCUT2D eigenvalue weighted by atomic mass is 9.30. The summed E-state index contributed by atoms with van der Waals surface area (Å²) >= 11 is 0. The van der Waals surface area contributed by atoms with E-state index in [1.54, 1.807) is 0 Å². The van der Waals surface area contributed by atoms with Crippen LogP contribution >= 0.6 is 0 Å². The number of anilines is 1. The van der Waals surface area contributed by atoms with Gasteiger partial charge in [0.05, 0.1) is 5.92 Å². The molecule has 3 saturated carbocycles. The average Bonchev–Trinajstić information content (AvgIpc) is 2.74. The van der Waals surface area contributed by atoms with E-state index in [2.05, 4.69) is 17.4 Å². The number of piperidine rings is 1. The number of carbonyl (C=O) groups is 3. The summed E-state index contributed by atoms with van der Waals surface area (Å²) in [5, 5.41) is 2.15. The number of primary amides is 1. The minimum absolute atomic E-state index is 0.0462. The molecule has 0 spiro atoms. The zero-order valence-electron chi connectivity index (χ0n) is 18.9. The molecule has 3 amide bonds. The fourth-order valence-electron chi connectivity index (χ4n) is 7.06. The maximum absolute atomic E-state index is 15.0. The molecule has 5 fully saturated rings. The number of nitrogens with zero attached hydrogens (tertiary/aromatic N) is 1. The van der Waals surface area contributed by atoms with Crippen LogP contribution in [0.2, 0.25) is 0 Å². The molecule has 7 rings (SSSR count). The van der Waals surface area contributed by atoms with E-state index in [1.807, 2.05) is 23.1 Å². The van der Waals surface area contributed by atoms with Gasteiger partial charge in [-0.05, 0) is 37.0 Å². The van der Waals surface area contributed by atoms with Gasteiger partial charge in [0.1, 0.15) is 17.2 Å². The van der Waals surface area contributed by atoms with Gasteiger partial charge >= 0.3 is 6.09 Å². The smallest absolute Gasteiger partial charge is 0.405 e. The zero-order valence-corrected chi connectivity index (χ0v) is 18.9. The summed E-state index contributed by atoms with van der Waals surface area (Å²) in [7, 11) is 0. The Morgan fingerprint density at radius 2 is 1.74 bits per heavy atom. The van der Waals surface area contributed by atoms with Gasteiger partial charge in [0.25, 0.3) is 0 Å². The molecule has 2 bridgehead atoms. The monoisotopic (exact) mass is 481 g/mol. The van der Waals surface area contributed by atoms with Gasteiger partial charge in [0.15, 0.2) is 0 Å². The highest BCUT2D eigenvalue weighted by atomic mass is 19.1. The van der Waals surface area contributed by atoms with Crippen LogP contribution in [-0.2, 0) is 19.7 Å². The number of imide groups is 1. The van der Waals surface area contributed by atoms with E-state index in [1.165, 1.54) is 17.7 Å². The zero-order chi connectivity index (χ0) is 24.5. The number of carbonyl (C=O) groups excluding carboxylic acids is 3. The number of rotatable bonds is 5. The summed E-state index contributed by atoms with van der Waals surface area (Å²) in [4.78, 5) is 37.0. The Morgan fingerprint density at radius 3 is 2.34 bits per heavy atom. The fourth-order valence-corrected chi connectivity index (χ4v) is 7.06. The molecule has 2 aromatic carbocycles. The summed E-state index contributed by atoms with van der Waals surface area (Å²) in [5.74, 6) is -3.44. The Bertz CT molecular complexity index is 1220. The average molecular weight is 481 g/mol. The number of benzene rings is 2. The van der Waals surface area contributed by atoms with Crippen molar-refractivity contribution in [1.29, 1.82) is 0 Å². The van der Waals surface area contributed by atoms with Crippen molar-refractivity contribution >= 4 is 23.6 Å². The van der Waals surface area contributed by atoms with E-state index in [0.717, 1.165) is 12.8 Å². The third-order valence-corrected chi connectivity index (χ3v) is 8.44. The van der Waals surface area contributed by atoms with Gasteiger partial charge in [-0.2, -0.15) is 0 Å². The molecular weight excluding hydrogens is 456 g/mol. The molecule has 5 aliphatic rings. The lowest BCUT2D eigenvalue weighted by Gasteiger charge is -2.77. The van der Waals surface area contributed by atoms with Gasteiger partial charge in [-0.1, -0.05) is 30.3 Å². The van der Waals surface area contributed by atoms with Crippen LogP contribution in [0, 0.1) is 23.5 Å². The van der Waals surface area contributed by atoms with Crippen LogP contribution in [0.15, 0.2) is 42.5 Å². The predicted octanol–water partition coefficient (Wildman–Crippen LogP) is 3.12. The molecule has 2 atom stereocenters. The molecule has 182 valence electrons. The lowest BCUT2D eigenvalue weighted by molar-refractivity contribution is -0.292. The van der Waals surface area contributed by atoms with Crippen molar-refractivity contribution in [1.82, 2.24) is 5.32 Å². The van der Waals surface area contributed by atoms with Crippen molar-refractivity contribution in [3.8, 4) is 0 Å². The molecule has 2 heterocycles. The second-order valence-electron chi connectivity index (χ2n) is 10.3. The second kappa shape index (κ2) is 7.50. The van der Waals surface area contributed by atoms with Crippen molar-refractivity contribution in [3.05, 3.63) is 65.2 Å². The summed E-state index contributed by atoms with van der Waals surface area (Å²) in [6.07, 6.45) is 0.816. The summed E-state index contributed by atoms with van der Waals surface area (Å²) in [5.41, 5.74) is 6.04. The molecular formula is C26H25F2N3O4. The third kappa shape index (κ3) is 3.17. The summed E-state index contributed by atoms with van der Waals surface area (Å²) in [6.45, 7) is 1.14. The van der Waals surface area contributed by atoms with Gasteiger partial charge in [-0.3, -0.25) is 14.9 Å². The Kier molecular flexibility index (Phi) is 4.72. The quantitative estimate of drug-likeness (QED) is 0.639. The van der Waals surface area contributed by atoms with E-state index >= 15 is 0 Å². The number of hydrogen-bond acceptors (Lipinski definition) is 5. The molecule has 3 aliphatic carbocycles. The van der Waals surface area contributed by atoms with Crippen LogP contribution in [-0.4, -0.2) is 36.6 Å². The first kappa shape index (κ1) is 22.0. The van der Waals surface area contributed by atoms with E-state index in [9.17, 15) is 23.2 Å². The maximum Gasteiger partial charge on any atom is 0.405 e. The number of nitrogens with two attached hydrogens (primary N) is 1. The Hall–Kier alpha value is -3.49. The fraction of sp³-hybridized carbons (Fsp3) is 0.423. The predicted molar refractivity (Wildman–Crippen MR) is 121 cm³/mol. The van der Waals surface area contributed by atoms with Crippen molar-refractivity contribution in [3.63, 3.8) is 0 Å². The SMILES string of the molecule is NC(=O)OC12CC(c3ccccc3)(C1)C2C1CN(c2cc(F)c(C3CCC(=O)NC3=O)c(F)c2)C1. The largest absolute Gasteiger partial charge is 0.443 e. The molecule has 0 radical (unpaired) electrons. The molecule has 3 N–H and O–H groups in total. The molecule has 0 aromatic heterocycles. The van der Waals surface area contributed by atoms with Crippen LogP contribution in [0.25, 0.3) is 0 Å². The number of nitrogens with one attached hydrogen (secondary N) is 1. The third-order valence-electron chi connectivity index (χ3n) is 8.44. The number of hydrogen-bond donors (Lipinski definition) is 2. The van der Waals surface area contributed by atoms with Gasteiger partial charge in [0, 0.05) is 48.0 Å². The van der Waals surface area contributed by atoms with Crippen LogP contribution in [0.5, 0.6) is 0 Å². The highest BCUT2D eigenvalue weighted by molar-refractivity contribution is 6.01. The Morgan fingerprint density at radius 1 is 1.09 bits per heavy atom. The molecule has 2 unspecified atom stereocenters. The second-order valence-corrected chi connectivity index (χ2v) is 10.3. The van der Waals surface area contributed by atoms with Crippen LogP contribution < -0.4 is 16.0 Å². The Balaban J connectivity index is 1.20.